The molecule has 112 valence electrons. The minimum absolute atomic E-state index is 0.00699. The highest BCUT2D eigenvalue weighted by molar-refractivity contribution is 9.10. The summed E-state index contributed by atoms with van der Waals surface area (Å²) in [7, 11) is 3.59. The van der Waals surface area contributed by atoms with Gasteiger partial charge in [-0.2, -0.15) is 0 Å². The average molecular weight is 434 g/mol. The summed E-state index contributed by atoms with van der Waals surface area (Å²) in [5.74, 6) is 0.790. The molecular formula is C16H16Br2ClNO. The van der Waals surface area contributed by atoms with Crippen LogP contribution in [0.3, 0.4) is 0 Å². The van der Waals surface area contributed by atoms with Crippen molar-refractivity contribution in [2.45, 2.75) is 13.0 Å². The number of hydrogen-bond acceptors (Lipinski definition) is 2. The Labute approximate surface area is 147 Å². The standard InChI is InChI=1S/C16H16Br2ClNO/c1-9-4-5-10(17)6-12(9)15(20-2)13-7-11(19)8-14(18)16(13)21-3/h4-8,15,20H,1-3H3. The number of methoxy groups -OCH3 is 1. The second-order valence-electron chi connectivity index (χ2n) is 4.73. The van der Waals surface area contributed by atoms with Gasteiger partial charge in [0.25, 0.3) is 0 Å². The second-order valence-corrected chi connectivity index (χ2v) is 6.94. The van der Waals surface area contributed by atoms with Crippen LogP contribution in [0.15, 0.2) is 39.3 Å². The predicted molar refractivity (Wildman–Crippen MR) is 95.5 cm³/mol. The lowest BCUT2D eigenvalue weighted by molar-refractivity contribution is 0.402. The van der Waals surface area contributed by atoms with Crippen molar-refractivity contribution in [1.29, 1.82) is 0 Å². The molecule has 0 spiro atoms. The van der Waals surface area contributed by atoms with Gasteiger partial charge in [-0.15, -0.1) is 0 Å². The van der Waals surface area contributed by atoms with Crippen LogP contribution in [-0.2, 0) is 0 Å². The van der Waals surface area contributed by atoms with E-state index in [0.717, 1.165) is 20.3 Å². The van der Waals surface area contributed by atoms with Crippen LogP contribution in [0.2, 0.25) is 5.02 Å². The van der Waals surface area contributed by atoms with Crippen molar-refractivity contribution in [2.24, 2.45) is 0 Å². The molecule has 0 saturated carbocycles. The van der Waals surface area contributed by atoms with Gasteiger partial charge in [0, 0.05) is 15.1 Å². The van der Waals surface area contributed by atoms with Gasteiger partial charge < -0.3 is 10.1 Å². The van der Waals surface area contributed by atoms with Gasteiger partial charge in [-0.25, -0.2) is 0 Å². The van der Waals surface area contributed by atoms with Gasteiger partial charge in [-0.1, -0.05) is 33.6 Å². The molecule has 5 heteroatoms. The Morgan fingerprint density at radius 1 is 1.14 bits per heavy atom. The lowest BCUT2D eigenvalue weighted by atomic mass is 9.94. The van der Waals surface area contributed by atoms with Crippen LogP contribution in [0.1, 0.15) is 22.7 Å². The second kappa shape index (κ2) is 7.14. The van der Waals surface area contributed by atoms with Gasteiger partial charge in [-0.3, -0.25) is 0 Å². The first kappa shape index (κ1) is 16.8. The first-order valence-corrected chi connectivity index (χ1v) is 8.40. The van der Waals surface area contributed by atoms with Crippen LogP contribution in [0.25, 0.3) is 0 Å². The van der Waals surface area contributed by atoms with Crippen molar-refractivity contribution < 1.29 is 4.74 Å². The molecule has 0 heterocycles. The van der Waals surface area contributed by atoms with Crippen LogP contribution in [0.5, 0.6) is 5.75 Å². The fourth-order valence-corrected chi connectivity index (χ4v) is 3.79. The highest BCUT2D eigenvalue weighted by atomic mass is 79.9. The molecule has 0 bridgehead atoms. The van der Waals surface area contributed by atoms with E-state index in [2.05, 4.69) is 56.2 Å². The smallest absolute Gasteiger partial charge is 0.138 e. The Morgan fingerprint density at radius 2 is 1.86 bits per heavy atom. The van der Waals surface area contributed by atoms with Gasteiger partial charge >= 0.3 is 0 Å². The number of hydrogen-bond donors (Lipinski definition) is 1. The van der Waals surface area contributed by atoms with Crippen molar-refractivity contribution in [3.05, 3.63) is 61.0 Å². The highest BCUT2D eigenvalue weighted by Gasteiger charge is 2.21. The average Bonchev–Trinajstić information content (AvgIpc) is 2.43. The van der Waals surface area contributed by atoms with Gasteiger partial charge in [0.1, 0.15) is 5.75 Å². The molecule has 1 N–H and O–H groups in total. The van der Waals surface area contributed by atoms with Crippen molar-refractivity contribution in [1.82, 2.24) is 5.32 Å². The minimum Gasteiger partial charge on any atom is -0.495 e. The molecule has 0 amide bonds. The van der Waals surface area contributed by atoms with Crippen molar-refractivity contribution in [3.8, 4) is 5.75 Å². The van der Waals surface area contributed by atoms with Gasteiger partial charge in [0.2, 0.25) is 0 Å². The summed E-state index contributed by atoms with van der Waals surface area (Å²) in [6.07, 6.45) is 0. The Balaban J connectivity index is 2.64. The molecule has 1 unspecified atom stereocenters. The Kier molecular flexibility index (Phi) is 5.72. The summed E-state index contributed by atoms with van der Waals surface area (Å²) in [5.41, 5.74) is 3.38. The monoisotopic (exact) mass is 431 g/mol. The molecule has 2 nitrogen and oxygen atoms in total. The molecule has 2 rings (SSSR count). The van der Waals surface area contributed by atoms with E-state index < -0.39 is 0 Å². The van der Waals surface area contributed by atoms with E-state index in [1.807, 2.05) is 25.2 Å². The predicted octanol–water partition coefficient (Wildman–Crippen LogP) is 5.49. The highest BCUT2D eigenvalue weighted by Crippen LogP contribution is 2.39. The van der Waals surface area contributed by atoms with Crippen molar-refractivity contribution in [2.75, 3.05) is 14.2 Å². The van der Waals surface area contributed by atoms with Gasteiger partial charge in [0.05, 0.1) is 17.6 Å². The molecule has 2 aromatic carbocycles. The topological polar surface area (TPSA) is 21.3 Å². The summed E-state index contributed by atoms with van der Waals surface area (Å²) in [6.45, 7) is 2.10. The third-order valence-corrected chi connectivity index (χ3v) is 4.69. The van der Waals surface area contributed by atoms with Crippen LogP contribution in [0, 0.1) is 6.92 Å². The van der Waals surface area contributed by atoms with E-state index in [9.17, 15) is 0 Å². The summed E-state index contributed by atoms with van der Waals surface area (Å²) < 4.78 is 7.44. The number of nitrogens with one attached hydrogen (secondary N) is 1. The first-order chi connectivity index (χ1) is 9.97. The number of rotatable bonds is 4. The fourth-order valence-electron chi connectivity index (χ4n) is 2.41. The summed E-state index contributed by atoms with van der Waals surface area (Å²) in [6, 6.07) is 10.0. The molecule has 0 aromatic heterocycles. The van der Waals surface area contributed by atoms with Crippen molar-refractivity contribution >= 4 is 43.5 Å². The Morgan fingerprint density at radius 3 is 2.48 bits per heavy atom. The normalized spacial score (nSPS) is 12.3. The van der Waals surface area contributed by atoms with E-state index in [-0.39, 0.29) is 6.04 Å². The maximum atomic E-state index is 6.22. The fraction of sp³-hybridized carbons (Fsp3) is 0.250. The zero-order valence-electron chi connectivity index (χ0n) is 12.0. The minimum atomic E-state index is -0.00699. The van der Waals surface area contributed by atoms with E-state index in [0.29, 0.717) is 5.02 Å². The van der Waals surface area contributed by atoms with E-state index >= 15 is 0 Å². The molecule has 0 aliphatic carbocycles. The molecule has 21 heavy (non-hydrogen) atoms. The van der Waals surface area contributed by atoms with Crippen LogP contribution < -0.4 is 10.1 Å². The first-order valence-electron chi connectivity index (χ1n) is 6.44. The summed E-state index contributed by atoms with van der Waals surface area (Å²) in [4.78, 5) is 0. The zero-order chi connectivity index (χ0) is 15.6. The largest absolute Gasteiger partial charge is 0.495 e. The van der Waals surface area contributed by atoms with Gasteiger partial charge in [0.15, 0.2) is 0 Å². The lowest BCUT2D eigenvalue weighted by Crippen LogP contribution is -2.19. The molecule has 0 fully saturated rings. The van der Waals surface area contributed by atoms with Crippen LogP contribution >= 0.6 is 43.5 Å². The van der Waals surface area contributed by atoms with E-state index in [1.165, 1.54) is 11.1 Å². The molecule has 0 aliphatic rings. The van der Waals surface area contributed by atoms with E-state index in [4.69, 9.17) is 16.3 Å². The molecule has 0 aliphatic heterocycles. The Hall–Kier alpha value is -0.550. The van der Waals surface area contributed by atoms with Crippen LogP contribution in [0.4, 0.5) is 0 Å². The third kappa shape index (κ3) is 3.62. The quantitative estimate of drug-likeness (QED) is 0.688. The zero-order valence-corrected chi connectivity index (χ0v) is 15.9. The van der Waals surface area contributed by atoms with Crippen molar-refractivity contribution in [3.63, 3.8) is 0 Å². The molecular weight excluding hydrogens is 417 g/mol. The number of aryl methyl sites for hydroxylation is 1. The number of benzene rings is 2. The SMILES string of the molecule is CNC(c1cc(Br)ccc1C)c1cc(Cl)cc(Br)c1OC. The third-order valence-electron chi connectivity index (χ3n) is 3.39. The number of halogens is 3. The summed E-state index contributed by atoms with van der Waals surface area (Å²) >= 11 is 13.3. The van der Waals surface area contributed by atoms with E-state index in [1.54, 1.807) is 7.11 Å². The Bertz CT molecular complexity index is 661. The maximum absolute atomic E-state index is 6.22. The molecule has 0 radical (unpaired) electrons. The molecule has 1 atom stereocenters. The molecule has 0 saturated heterocycles. The maximum Gasteiger partial charge on any atom is 0.138 e. The summed E-state index contributed by atoms with van der Waals surface area (Å²) in [5, 5.41) is 4.02. The molecule has 2 aromatic rings. The van der Waals surface area contributed by atoms with Crippen LogP contribution in [-0.4, -0.2) is 14.2 Å². The lowest BCUT2D eigenvalue weighted by Gasteiger charge is -2.23. The van der Waals surface area contributed by atoms with Gasteiger partial charge in [-0.05, 0) is 65.3 Å². The number of ether oxygens (including phenoxy) is 1.